The predicted molar refractivity (Wildman–Crippen MR) is 103 cm³/mol. The van der Waals surface area contributed by atoms with Crippen LogP contribution in [-0.4, -0.2) is 16.6 Å². The Morgan fingerprint density at radius 3 is 2.15 bits per heavy atom. The van der Waals surface area contributed by atoms with Crippen molar-refractivity contribution in [2.75, 3.05) is 6.61 Å². The molecule has 0 spiro atoms. The standard InChI is InChI=1S/C22H19N3O/c1-2-3-4-13-26-21-11-9-18(10-12-21)20-15-24-22(25-16-20)19-7-5-17(14-23)6-8-19/h3-12,15-16H,2,13H2,1H3/b4-3+. The second kappa shape index (κ2) is 8.59. The number of hydrogen-bond acceptors (Lipinski definition) is 4. The lowest BCUT2D eigenvalue weighted by molar-refractivity contribution is 0.362. The first-order chi connectivity index (χ1) is 12.8. The van der Waals surface area contributed by atoms with E-state index < -0.39 is 0 Å². The summed E-state index contributed by atoms with van der Waals surface area (Å²) in [6.07, 6.45) is 8.73. The van der Waals surface area contributed by atoms with Gasteiger partial charge in [-0.05, 0) is 48.4 Å². The topological polar surface area (TPSA) is 58.8 Å². The molecule has 4 nitrogen and oxygen atoms in total. The average molecular weight is 341 g/mol. The molecular weight excluding hydrogens is 322 g/mol. The summed E-state index contributed by atoms with van der Waals surface area (Å²) in [5, 5.41) is 8.86. The third-order valence-corrected chi connectivity index (χ3v) is 3.86. The van der Waals surface area contributed by atoms with Gasteiger partial charge in [0.25, 0.3) is 0 Å². The van der Waals surface area contributed by atoms with Gasteiger partial charge in [-0.1, -0.05) is 31.2 Å². The molecule has 4 heteroatoms. The molecule has 26 heavy (non-hydrogen) atoms. The third-order valence-electron chi connectivity index (χ3n) is 3.86. The van der Waals surface area contributed by atoms with Crippen LogP contribution in [0.4, 0.5) is 0 Å². The average Bonchev–Trinajstić information content (AvgIpc) is 2.72. The van der Waals surface area contributed by atoms with Crippen molar-refractivity contribution >= 4 is 0 Å². The Morgan fingerprint density at radius 2 is 1.54 bits per heavy atom. The van der Waals surface area contributed by atoms with E-state index in [1.807, 2.05) is 42.5 Å². The number of benzene rings is 2. The van der Waals surface area contributed by atoms with E-state index in [2.05, 4.69) is 29.0 Å². The Balaban J connectivity index is 1.69. The summed E-state index contributed by atoms with van der Waals surface area (Å²) in [6, 6.07) is 17.2. The number of rotatable bonds is 6. The molecule has 0 saturated carbocycles. The molecule has 0 aliphatic carbocycles. The number of allylic oxidation sites excluding steroid dienone is 1. The molecule has 0 bridgehead atoms. The maximum atomic E-state index is 8.86. The summed E-state index contributed by atoms with van der Waals surface area (Å²) < 4.78 is 5.65. The fourth-order valence-electron chi connectivity index (χ4n) is 2.44. The fourth-order valence-corrected chi connectivity index (χ4v) is 2.44. The van der Waals surface area contributed by atoms with Gasteiger partial charge in [0.1, 0.15) is 12.4 Å². The SMILES string of the molecule is CC/C=C/COc1ccc(-c2cnc(-c3ccc(C#N)cc3)nc2)cc1. The molecule has 3 rings (SSSR count). The molecule has 0 saturated heterocycles. The second-order valence-electron chi connectivity index (χ2n) is 5.70. The zero-order valence-electron chi connectivity index (χ0n) is 14.6. The molecule has 0 unspecified atom stereocenters. The van der Waals surface area contributed by atoms with Crippen LogP contribution in [0, 0.1) is 11.3 Å². The lowest BCUT2D eigenvalue weighted by Crippen LogP contribution is -1.93. The molecule has 1 aromatic heterocycles. The van der Waals surface area contributed by atoms with Crippen LogP contribution in [0.3, 0.4) is 0 Å². The number of nitrogens with zero attached hydrogens (tertiary/aromatic N) is 3. The van der Waals surface area contributed by atoms with Crippen LogP contribution < -0.4 is 4.74 Å². The summed E-state index contributed by atoms with van der Waals surface area (Å²) >= 11 is 0. The number of ether oxygens (including phenoxy) is 1. The highest BCUT2D eigenvalue weighted by Gasteiger charge is 2.04. The summed E-state index contributed by atoms with van der Waals surface area (Å²) in [4.78, 5) is 8.88. The van der Waals surface area contributed by atoms with E-state index in [-0.39, 0.29) is 0 Å². The van der Waals surface area contributed by atoms with E-state index in [4.69, 9.17) is 10.00 Å². The summed E-state index contributed by atoms with van der Waals surface area (Å²) in [6.45, 7) is 2.68. The molecule has 2 aromatic carbocycles. The van der Waals surface area contributed by atoms with Gasteiger partial charge in [-0.15, -0.1) is 0 Å². The van der Waals surface area contributed by atoms with Gasteiger partial charge in [0.2, 0.25) is 0 Å². The second-order valence-corrected chi connectivity index (χ2v) is 5.70. The maximum Gasteiger partial charge on any atom is 0.159 e. The van der Waals surface area contributed by atoms with Crippen molar-refractivity contribution in [3.8, 4) is 34.3 Å². The first kappa shape index (κ1) is 17.4. The van der Waals surface area contributed by atoms with Gasteiger partial charge in [-0.3, -0.25) is 0 Å². The van der Waals surface area contributed by atoms with Crippen molar-refractivity contribution < 1.29 is 4.74 Å². The van der Waals surface area contributed by atoms with E-state index in [0.717, 1.165) is 28.9 Å². The zero-order chi connectivity index (χ0) is 18.2. The Hall–Kier alpha value is -3.45. The fraction of sp³-hybridized carbons (Fsp3) is 0.136. The smallest absolute Gasteiger partial charge is 0.159 e. The van der Waals surface area contributed by atoms with E-state index in [0.29, 0.717) is 18.0 Å². The van der Waals surface area contributed by atoms with Crippen LogP contribution in [0.1, 0.15) is 18.9 Å². The molecule has 0 aliphatic heterocycles. The molecule has 0 aliphatic rings. The molecule has 0 N–H and O–H groups in total. The van der Waals surface area contributed by atoms with Crippen LogP contribution in [0.25, 0.3) is 22.5 Å². The maximum absolute atomic E-state index is 8.86. The summed E-state index contributed by atoms with van der Waals surface area (Å²) in [7, 11) is 0. The van der Waals surface area contributed by atoms with Gasteiger partial charge in [0.05, 0.1) is 11.6 Å². The third kappa shape index (κ3) is 4.34. The number of nitriles is 1. The molecule has 128 valence electrons. The van der Waals surface area contributed by atoms with Crippen LogP contribution in [-0.2, 0) is 0 Å². The summed E-state index contributed by atoms with van der Waals surface area (Å²) in [5.74, 6) is 1.48. The molecule has 3 aromatic rings. The van der Waals surface area contributed by atoms with Crippen molar-refractivity contribution in [2.24, 2.45) is 0 Å². The Kier molecular flexibility index (Phi) is 5.74. The highest BCUT2D eigenvalue weighted by atomic mass is 16.5. The van der Waals surface area contributed by atoms with Crippen molar-refractivity contribution in [1.29, 1.82) is 5.26 Å². The molecule has 0 amide bonds. The van der Waals surface area contributed by atoms with Crippen molar-refractivity contribution in [3.05, 3.63) is 78.6 Å². The van der Waals surface area contributed by atoms with Crippen molar-refractivity contribution in [2.45, 2.75) is 13.3 Å². The number of aromatic nitrogens is 2. The highest BCUT2D eigenvalue weighted by Crippen LogP contribution is 2.23. The van der Waals surface area contributed by atoms with Crippen LogP contribution in [0.5, 0.6) is 5.75 Å². The Bertz CT molecular complexity index is 906. The minimum absolute atomic E-state index is 0.579. The summed E-state index contributed by atoms with van der Waals surface area (Å²) in [5.41, 5.74) is 3.49. The highest BCUT2D eigenvalue weighted by molar-refractivity contribution is 5.64. The first-order valence-corrected chi connectivity index (χ1v) is 8.51. The monoisotopic (exact) mass is 341 g/mol. The number of hydrogen-bond donors (Lipinski definition) is 0. The Labute approximate surface area is 153 Å². The lowest BCUT2D eigenvalue weighted by atomic mass is 10.1. The van der Waals surface area contributed by atoms with Gasteiger partial charge in [-0.25, -0.2) is 9.97 Å². The minimum Gasteiger partial charge on any atom is -0.490 e. The van der Waals surface area contributed by atoms with Gasteiger partial charge < -0.3 is 4.74 Å². The quantitative estimate of drug-likeness (QED) is 0.590. The molecule has 0 radical (unpaired) electrons. The largest absolute Gasteiger partial charge is 0.490 e. The van der Waals surface area contributed by atoms with Crippen molar-refractivity contribution in [1.82, 2.24) is 9.97 Å². The predicted octanol–water partition coefficient (Wildman–Crippen LogP) is 5.03. The minimum atomic E-state index is 0.579. The molecule has 0 fully saturated rings. The van der Waals surface area contributed by atoms with E-state index >= 15 is 0 Å². The zero-order valence-corrected chi connectivity index (χ0v) is 14.6. The van der Waals surface area contributed by atoms with Gasteiger partial charge in [-0.2, -0.15) is 5.26 Å². The lowest BCUT2D eigenvalue weighted by Gasteiger charge is -2.06. The van der Waals surface area contributed by atoms with Crippen LogP contribution in [0.2, 0.25) is 0 Å². The molecule has 0 atom stereocenters. The first-order valence-electron chi connectivity index (χ1n) is 8.51. The van der Waals surface area contributed by atoms with E-state index in [1.54, 1.807) is 24.5 Å². The van der Waals surface area contributed by atoms with E-state index in [9.17, 15) is 0 Å². The molecule has 1 heterocycles. The van der Waals surface area contributed by atoms with Gasteiger partial charge in [0, 0.05) is 23.5 Å². The van der Waals surface area contributed by atoms with E-state index in [1.165, 1.54) is 0 Å². The van der Waals surface area contributed by atoms with Gasteiger partial charge in [0.15, 0.2) is 5.82 Å². The normalized spacial score (nSPS) is 10.6. The van der Waals surface area contributed by atoms with Crippen LogP contribution in [0.15, 0.2) is 73.1 Å². The van der Waals surface area contributed by atoms with Crippen LogP contribution >= 0.6 is 0 Å². The molecular formula is C22H19N3O. The van der Waals surface area contributed by atoms with Crippen molar-refractivity contribution in [3.63, 3.8) is 0 Å². The van der Waals surface area contributed by atoms with Gasteiger partial charge >= 0.3 is 0 Å². The Morgan fingerprint density at radius 1 is 0.885 bits per heavy atom.